The largest absolute Gasteiger partial charge is 0.328 e. The van der Waals surface area contributed by atoms with Crippen LogP contribution in [0.4, 0.5) is 4.39 Å². The van der Waals surface area contributed by atoms with Gasteiger partial charge in [-0.2, -0.15) is 0 Å². The second kappa shape index (κ2) is 5.53. The van der Waals surface area contributed by atoms with Gasteiger partial charge < -0.3 is 4.90 Å². The van der Waals surface area contributed by atoms with Crippen LogP contribution >= 0.6 is 11.6 Å². The van der Waals surface area contributed by atoms with Gasteiger partial charge in [0.25, 0.3) is 5.91 Å². The average molecular weight is 240 g/mol. The smallest absolute Gasteiger partial charge is 0.259 e. The van der Waals surface area contributed by atoms with Gasteiger partial charge >= 0.3 is 0 Å². The van der Waals surface area contributed by atoms with E-state index >= 15 is 0 Å². The van der Waals surface area contributed by atoms with E-state index in [9.17, 15) is 9.18 Å². The SMILES string of the molecule is C#CCN(CC)C(=O)c1c(F)cccc1Cl. The molecule has 1 aromatic rings. The zero-order valence-electron chi connectivity index (χ0n) is 8.84. The molecule has 0 heterocycles. The van der Waals surface area contributed by atoms with E-state index in [1.54, 1.807) is 6.92 Å². The summed E-state index contributed by atoms with van der Waals surface area (Å²) in [4.78, 5) is 13.3. The van der Waals surface area contributed by atoms with E-state index in [0.29, 0.717) is 6.54 Å². The van der Waals surface area contributed by atoms with Crippen molar-refractivity contribution in [3.8, 4) is 12.3 Å². The number of amides is 1. The minimum atomic E-state index is -0.632. The fraction of sp³-hybridized carbons (Fsp3) is 0.250. The zero-order valence-corrected chi connectivity index (χ0v) is 9.59. The van der Waals surface area contributed by atoms with Crippen LogP contribution in [0, 0.1) is 18.2 Å². The minimum Gasteiger partial charge on any atom is -0.328 e. The fourth-order valence-corrected chi connectivity index (χ4v) is 1.54. The van der Waals surface area contributed by atoms with Gasteiger partial charge in [0.05, 0.1) is 17.1 Å². The second-order valence-electron chi connectivity index (χ2n) is 3.12. The summed E-state index contributed by atoms with van der Waals surface area (Å²) >= 11 is 5.79. The first-order chi connectivity index (χ1) is 7.61. The normalized spacial score (nSPS) is 9.62. The van der Waals surface area contributed by atoms with Crippen LogP contribution in [0.5, 0.6) is 0 Å². The fourth-order valence-electron chi connectivity index (χ4n) is 1.30. The maximum atomic E-state index is 13.5. The Morgan fingerprint density at radius 1 is 1.62 bits per heavy atom. The molecule has 16 heavy (non-hydrogen) atoms. The van der Waals surface area contributed by atoms with E-state index in [-0.39, 0.29) is 17.1 Å². The Morgan fingerprint density at radius 3 is 2.81 bits per heavy atom. The standard InChI is InChI=1S/C12H11ClFNO/c1-3-8-15(4-2)12(16)11-9(13)6-5-7-10(11)14/h1,5-7H,4,8H2,2H3. The molecule has 84 valence electrons. The molecule has 0 spiro atoms. The lowest BCUT2D eigenvalue weighted by molar-refractivity contribution is 0.0780. The molecule has 4 heteroatoms. The minimum absolute atomic E-state index is 0.0977. The number of hydrogen-bond donors (Lipinski definition) is 0. The third kappa shape index (κ3) is 2.53. The van der Waals surface area contributed by atoms with Crippen LogP contribution in [0.15, 0.2) is 18.2 Å². The monoisotopic (exact) mass is 239 g/mol. The summed E-state index contributed by atoms with van der Waals surface area (Å²) in [5.41, 5.74) is -0.124. The number of hydrogen-bond acceptors (Lipinski definition) is 1. The van der Waals surface area contributed by atoms with Gasteiger partial charge in [-0.25, -0.2) is 4.39 Å². The first kappa shape index (κ1) is 12.5. The molecule has 0 bridgehead atoms. The first-order valence-electron chi connectivity index (χ1n) is 4.78. The quantitative estimate of drug-likeness (QED) is 0.743. The summed E-state index contributed by atoms with van der Waals surface area (Å²) < 4.78 is 13.5. The number of halogens is 2. The Kier molecular flexibility index (Phi) is 4.33. The molecular formula is C12H11ClFNO. The van der Waals surface area contributed by atoms with Crippen molar-refractivity contribution in [1.82, 2.24) is 4.90 Å². The van der Waals surface area contributed by atoms with Gasteiger partial charge in [0.15, 0.2) is 0 Å². The summed E-state index contributed by atoms with van der Waals surface area (Å²) in [5.74, 6) is 1.23. The molecule has 1 rings (SSSR count). The number of terminal acetylenes is 1. The summed E-state index contributed by atoms with van der Waals surface area (Å²) in [6.45, 7) is 2.32. The van der Waals surface area contributed by atoms with E-state index in [4.69, 9.17) is 18.0 Å². The van der Waals surface area contributed by atoms with Crippen molar-refractivity contribution in [2.75, 3.05) is 13.1 Å². The first-order valence-corrected chi connectivity index (χ1v) is 5.16. The summed E-state index contributed by atoms with van der Waals surface area (Å²) in [6.07, 6.45) is 5.13. The average Bonchev–Trinajstić information content (AvgIpc) is 2.25. The molecule has 0 aliphatic carbocycles. The third-order valence-corrected chi connectivity index (χ3v) is 2.44. The van der Waals surface area contributed by atoms with E-state index in [1.807, 2.05) is 0 Å². The van der Waals surface area contributed by atoms with Gasteiger partial charge in [-0.3, -0.25) is 4.79 Å². The van der Waals surface area contributed by atoms with E-state index in [0.717, 1.165) is 0 Å². The number of nitrogens with zero attached hydrogens (tertiary/aromatic N) is 1. The van der Waals surface area contributed by atoms with Crippen LogP contribution in [0.1, 0.15) is 17.3 Å². The molecule has 0 aromatic heterocycles. The highest BCUT2D eigenvalue weighted by Gasteiger charge is 2.20. The Morgan fingerprint density at radius 2 is 2.31 bits per heavy atom. The van der Waals surface area contributed by atoms with Crippen molar-refractivity contribution in [3.63, 3.8) is 0 Å². The van der Waals surface area contributed by atoms with Crippen molar-refractivity contribution in [2.24, 2.45) is 0 Å². The molecule has 0 aliphatic rings. The van der Waals surface area contributed by atoms with Crippen LogP contribution in [-0.4, -0.2) is 23.9 Å². The molecular weight excluding hydrogens is 229 g/mol. The van der Waals surface area contributed by atoms with E-state index in [2.05, 4.69) is 5.92 Å². The highest BCUT2D eigenvalue weighted by Crippen LogP contribution is 2.20. The molecule has 0 saturated carbocycles. The van der Waals surface area contributed by atoms with Gasteiger partial charge in [-0.1, -0.05) is 23.6 Å². The van der Waals surface area contributed by atoms with Crippen molar-refractivity contribution < 1.29 is 9.18 Å². The maximum Gasteiger partial charge on any atom is 0.259 e. The van der Waals surface area contributed by atoms with Gasteiger partial charge in [0.2, 0.25) is 0 Å². The summed E-state index contributed by atoms with van der Waals surface area (Å²) in [7, 11) is 0. The summed E-state index contributed by atoms with van der Waals surface area (Å²) in [5, 5.41) is 0.0977. The molecule has 0 atom stereocenters. The van der Waals surface area contributed by atoms with Crippen molar-refractivity contribution in [1.29, 1.82) is 0 Å². The topological polar surface area (TPSA) is 20.3 Å². The second-order valence-corrected chi connectivity index (χ2v) is 3.53. The van der Waals surface area contributed by atoms with Gasteiger partial charge in [0, 0.05) is 6.54 Å². The van der Waals surface area contributed by atoms with E-state index < -0.39 is 11.7 Å². The van der Waals surface area contributed by atoms with Crippen LogP contribution in [0.25, 0.3) is 0 Å². The Labute approximate surface area is 99.0 Å². The third-order valence-electron chi connectivity index (χ3n) is 2.13. The number of benzene rings is 1. The number of carbonyl (C=O) groups is 1. The molecule has 0 unspecified atom stereocenters. The van der Waals surface area contributed by atoms with Crippen molar-refractivity contribution in [3.05, 3.63) is 34.6 Å². The Hall–Kier alpha value is -1.53. The molecule has 1 aromatic carbocycles. The van der Waals surface area contributed by atoms with Crippen LogP contribution in [0.3, 0.4) is 0 Å². The Bertz CT molecular complexity index is 419. The van der Waals surface area contributed by atoms with Gasteiger partial charge in [0.1, 0.15) is 5.82 Å². The molecule has 0 radical (unpaired) electrons. The lowest BCUT2D eigenvalue weighted by atomic mass is 10.2. The highest BCUT2D eigenvalue weighted by molar-refractivity contribution is 6.33. The lowest BCUT2D eigenvalue weighted by Crippen LogP contribution is -2.32. The van der Waals surface area contributed by atoms with Crippen LogP contribution in [-0.2, 0) is 0 Å². The number of rotatable bonds is 3. The zero-order chi connectivity index (χ0) is 12.1. The van der Waals surface area contributed by atoms with Crippen LogP contribution < -0.4 is 0 Å². The highest BCUT2D eigenvalue weighted by atomic mass is 35.5. The lowest BCUT2D eigenvalue weighted by Gasteiger charge is -2.18. The molecule has 0 fully saturated rings. The van der Waals surface area contributed by atoms with Gasteiger partial charge in [-0.15, -0.1) is 6.42 Å². The molecule has 0 saturated heterocycles. The summed E-state index contributed by atoms with van der Waals surface area (Å²) in [6, 6.07) is 4.12. The van der Waals surface area contributed by atoms with Gasteiger partial charge in [-0.05, 0) is 19.1 Å². The molecule has 0 N–H and O–H groups in total. The predicted molar refractivity (Wildman–Crippen MR) is 61.8 cm³/mol. The predicted octanol–water partition coefficient (Wildman–Crippen LogP) is 2.57. The molecule has 2 nitrogen and oxygen atoms in total. The maximum absolute atomic E-state index is 13.5. The Balaban J connectivity index is 3.09. The van der Waals surface area contributed by atoms with Crippen molar-refractivity contribution in [2.45, 2.75) is 6.92 Å². The molecule has 1 amide bonds. The molecule has 0 aliphatic heterocycles. The van der Waals surface area contributed by atoms with Crippen LogP contribution in [0.2, 0.25) is 5.02 Å². The number of carbonyl (C=O) groups excluding carboxylic acids is 1. The van der Waals surface area contributed by atoms with Crippen molar-refractivity contribution >= 4 is 17.5 Å². The van der Waals surface area contributed by atoms with E-state index in [1.165, 1.54) is 23.1 Å².